The number of esters is 1. The zero-order valence-electron chi connectivity index (χ0n) is 15.4. The van der Waals surface area contributed by atoms with E-state index in [-0.39, 0.29) is 24.8 Å². The van der Waals surface area contributed by atoms with Crippen molar-refractivity contribution in [2.45, 2.75) is 65.3 Å². The predicted octanol–water partition coefficient (Wildman–Crippen LogP) is 2.97. The Labute approximate surface area is 144 Å². The molecule has 6 nitrogen and oxygen atoms in total. The number of ether oxygens (including phenoxy) is 5. The summed E-state index contributed by atoms with van der Waals surface area (Å²) in [6.45, 7) is 12.7. The lowest BCUT2D eigenvalue weighted by atomic mass is 9.85. The fraction of sp³-hybridized carbons (Fsp3) is 0.722. The van der Waals surface area contributed by atoms with Crippen LogP contribution in [-0.2, 0) is 28.5 Å². The van der Waals surface area contributed by atoms with Gasteiger partial charge in [0.05, 0.1) is 19.3 Å². The number of rotatable bonds is 9. The van der Waals surface area contributed by atoms with Crippen molar-refractivity contribution in [1.82, 2.24) is 0 Å². The predicted molar refractivity (Wildman–Crippen MR) is 90.4 cm³/mol. The molecule has 4 atom stereocenters. The second-order valence-electron chi connectivity index (χ2n) is 5.59. The summed E-state index contributed by atoms with van der Waals surface area (Å²) in [6.07, 6.45) is 1.54. The summed E-state index contributed by atoms with van der Waals surface area (Å²) in [7, 11) is 1.35. The van der Waals surface area contributed by atoms with Gasteiger partial charge >= 0.3 is 5.97 Å². The normalized spacial score (nSPS) is 25.5. The molecular weight excluding hydrogens is 312 g/mol. The second-order valence-corrected chi connectivity index (χ2v) is 5.59. The van der Waals surface area contributed by atoms with E-state index >= 15 is 0 Å². The molecule has 0 saturated heterocycles. The molecule has 0 radical (unpaired) electrons. The molecule has 0 heterocycles. The smallest absolute Gasteiger partial charge is 0.330 e. The lowest BCUT2D eigenvalue weighted by Crippen LogP contribution is -2.36. The zero-order chi connectivity index (χ0) is 18.1. The quantitative estimate of drug-likeness (QED) is 0.365. The van der Waals surface area contributed by atoms with Crippen LogP contribution in [0.3, 0.4) is 0 Å². The third-order valence-electron chi connectivity index (χ3n) is 3.76. The van der Waals surface area contributed by atoms with Crippen LogP contribution >= 0.6 is 0 Å². The van der Waals surface area contributed by atoms with Crippen molar-refractivity contribution in [2.75, 3.05) is 20.3 Å². The van der Waals surface area contributed by atoms with E-state index in [4.69, 9.17) is 23.7 Å². The Morgan fingerprint density at radius 3 is 2.33 bits per heavy atom. The van der Waals surface area contributed by atoms with Crippen molar-refractivity contribution >= 4 is 5.97 Å². The summed E-state index contributed by atoms with van der Waals surface area (Å²) in [5.74, 6) is -0.415. The van der Waals surface area contributed by atoms with Crippen molar-refractivity contribution in [3.8, 4) is 0 Å². The molecule has 0 aliphatic heterocycles. The van der Waals surface area contributed by atoms with E-state index in [9.17, 15) is 4.79 Å². The first-order chi connectivity index (χ1) is 11.4. The van der Waals surface area contributed by atoms with E-state index < -0.39 is 5.97 Å². The van der Waals surface area contributed by atoms with Crippen LogP contribution in [-0.4, -0.2) is 51.1 Å². The average Bonchev–Trinajstić information content (AvgIpc) is 2.52. The molecule has 1 aliphatic carbocycles. The molecule has 2 unspecified atom stereocenters. The molecule has 6 heteroatoms. The Kier molecular flexibility index (Phi) is 9.21. The Morgan fingerprint density at radius 2 is 1.79 bits per heavy atom. The number of carbonyl (C=O) groups is 1. The fourth-order valence-corrected chi connectivity index (χ4v) is 2.69. The van der Waals surface area contributed by atoms with Crippen molar-refractivity contribution < 1.29 is 28.5 Å². The number of hydrogen-bond acceptors (Lipinski definition) is 6. The molecule has 0 aromatic rings. The number of methoxy groups -OCH3 is 1. The second kappa shape index (κ2) is 10.6. The molecular formula is C18H30O6. The van der Waals surface area contributed by atoms with E-state index in [2.05, 4.69) is 6.58 Å². The van der Waals surface area contributed by atoms with Crippen LogP contribution in [0.2, 0.25) is 0 Å². The topological polar surface area (TPSA) is 63.2 Å². The van der Waals surface area contributed by atoms with Crippen LogP contribution in [0.5, 0.6) is 0 Å². The van der Waals surface area contributed by atoms with E-state index in [0.29, 0.717) is 26.1 Å². The molecule has 0 aromatic carbocycles. The maximum absolute atomic E-state index is 11.6. The highest BCUT2D eigenvalue weighted by Crippen LogP contribution is 2.33. The van der Waals surface area contributed by atoms with Crippen LogP contribution in [0.25, 0.3) is 0 Å². The Bertz CT molecular complexity index is 445. The highest BCUT2D eigenvalue weighted by Gasteiger charge is 2.32. The monoisotopic (exact) mass is 342 g/mol. The van der Waals surface area contributed by atoms with Gasteiger partial charge < -0.3 is 23.7 Å². The van der Waals surface area contributed by atoms with E-state index in [0.717, 1.165) is 11.1 Å². The summed E-state index contributed by atoms with van der Waals surface area (Å²) in [5.41, 5.74) is 1.53. The van der Waals surface area contributed by atoms with Gasteiger partial charge in [-0.25, -0.2) is 4.79 Å². The molecule has 24 heavy (non-hydrogen) atoms. The summed E-state index contributed by atoms with van der Waals surface area (Å²) >= 11 is 0. The lowest BCUT2D eigenvalue weighted by Gasteiger charge is -2.35. The van der Waals surface area contributed by atoms with Crippen molar-refractivity contribution in [1.29, 1.82) is 0 Å². The Hall–Kier alpha value is -1.21. The van der Waals surface area contributed by atoms with Crippen molar-refractivity contribution in [3.05, 3.63) is 23.8 Å². The van der Waals surface area contributed by atoms with Gasteiger partial charge in [-0.1, -0.05) is 6.58 Å². The van der Waals surface area contributed by atoms with Crippen LogP contribution < -0.4 is 0 Å². The Balaban J connectivity index is 2.86. The van der Waals surface area contributed by atoms with Crippen LogP contribution in [0.15, 0.2) is 23.8 Å². The minimum atomic E-state index is -0.415. The number of hydrogen-bond donors (Lipinski definition) is 0. The van der Waals surface area contributed by atoms with Gasteiger partial charge in [-0.15, -0.1) is 0 Å². The largest absolute Gasteiger partial charge is 0.466 e. The first kappa shape index (κ1) is 20.8. The lowest BCUT2D eigenvalue weighted by molar-refractivity contribution is -0.185. The van der Waals surface area contributed by atoms with Crippen molar-refractivity contribution in [2.24, 2.45) is 0 Å². The molecule has 0 amide bonds. The van der Waals surface area contributed by atoms with Gasteiger partial charge in [0, 0.05) is 25.7 Å². The van der Waals surface area contributed by atoms with Gasteiger partial charge in [-0.2, -0.15) is 0 Å². The van der Waals surface area contributed by atoms with E-state index in [1.165, 1.54) is 13.2 Å². The van der Waals surface area contributed by atoms with Crippen LogP contribution in [0, 0.1) is 0 Å². The fourth-order valence-electron chi connectivity index (χ4n) is 2.69. The summed E-state index contributed by atoms with van der Waals surface area (Å²) in [4.78, 5) is 11.6. The van der Waals surface area contributed by atoms with Gasteiger partial charge in [0.25, 0.3) is 0 Å². The molecule has 0 aromatic heterocycles. The SMILES string of the molecule is C=C1C(=CC(=O)OC)C[C@@H](OC(C)OCC)C[C@@H]1OC(C)OCC. The zero-order valence-corrected chi connectivity index (χ0v) is 15.4. The Morgan fingerprint density at radius 1 is 1.21 bits per heavy atom. The van der Waals surface area contributed by atoms with Gasteiger partial charge in [0.15, 0.2) is 12.6 Å². The van der Waals surface area contributed by atoms with E-state index in [1.54, 1.807) is 0 Å². The van der Waals surface area contributed by atoms with Gasteiger partial charge in [-0.05, 0) is 45.3 Å². The van der Waals surface area contributed by atoms with Gasteiger partial charge in [0.2, 0.25) is 0 Å². The highest BCUT2D eigenvalue weighted by atomic mass is 16.7. The van der Waals surface area contributed by atoms with Gasteiger partial charge in [-0.3, -0.25) is 0 Å². The first-order valence-electron chi connectivity index (χ1n) is 8.42. The third kappa shape index (κ3) is 6.73. The number of carbonyl (C=O) groups excluding carboxylic acids is 1. The molecule has 0 bridgehead atoms. The first-order valence-corrected chi connectivity index (χ1v) is 8.42. The molecule has 1 fully saturated rings. The average molecular weight is 342 g/mol. The van der Waals surface area contributed by atoms with E-state index in [1.807, 2.05) is 27.7 Å². The minimum Gasteiger partial charge on any atom is -0.466 e. The maximum Gasteiger partial charge on any atom is 0.330 e. The standard InChI is InChI=1S/C18H30O6/c1-7-21-13(4)23-16-9-15(10-18(19)20-6)12(3)17(11-16)24-14(5)22-8-2/h10,13-14,16-17H,3,7-9,11H2,1-2,4-6H3/t13?,14?,16-,17+/m1/s1. The highest BCUT2D eigenvalue weighted by molar-refractivity contribution is 5.83. The van der Waals surface area contributed by atoms with Crippen LogP contribution in [0.4, 0.5) is 0 Å². The van der Waals surface area contributed by atoms with Crippen LogP contribution in [0.1, 0.15) is 40.5 Å². The molecule has 0 spiro atoms. The molecule has 1 saturated carbocycles. The summed E-state index contributed by atoms with van der Waals surface area (Å²) < 4.78 is 27.5. The molecule has 1 aliphatic rings. The third-order valence-corrected chi connectivity index (χ3v) is 3.76. The summed E-state index contributed by atoms with van der Waals surface area (Å²) in [5, 5.41) is 0. The molecule has 138 valence electrons. The maximum atomic E-state index is 11.6. The van der Waals surface area contributed by atoms with Crippen molar-refractivity contribution in [3.63, 3.8) is 0 Å². The molecule has 0 N–H and O–H groups in total. The summed E-state index contributed by atoms with van der Waals surface area (Å²) in [6, 6.07) is 0. The molecule has 1 rings (SSSR count). The van der Waals surface area contributed by atoms with Gasteiger partial charge in [0.1, 0.15) is 0 Å². The minimum absolute atomic E-state index is 0.133.